The molecule has 1 N–H and O–H groups in total. The SMILES string of the molecule is CC(C)(C)N(NC(=O)c1ccc(Cl)cc1)C(=O)c1cc(F)cc(F)c1. The van der Waals surface area contributed by atoms with Gasteiger partial charge in [-0.1, -0.05) is 11.6 Å². The number of halogens is 3. The molecule has 0 heterocycles. The highest BCUT2D eigenvalue weighted by Gasteiger charge is 2.30. The molecule has 2 aromatic rings. The summed E-state index contributed by atoms with van der Waals surface area (Å²) < 4.78 is 26.8. The second-order valence-electron chi connectivity index (χ2n) is 6.42. The van der Waals surface area contributed by atoms with Crippen molar-refractivity contribution in [2.24, 2.45) is 0 Å². The van der Waals surface area contributed by atoms with E-state index < -0.39 is 29.0 Å². The van der Waals surface area contributed by atoms with Crippen LogP contribution in [0.2, 0.25) is 5.02 Å². The molecule has 0 aliphatic heterocycles. The van der Waals surface area contributed by atoms with E-state index in [2.05, 4.69) is 5.43 Å². The third-order valence-electron chi connectivity index (χ3n) is 3.30. The van der Waals surface area contributed by atoms with Crippen molar-refractivity contribution in [3.63, 3.8) is 0 Å². The first-order valence-corrected chi connectivity index (χ1v) is 7.83. The fourth-order valence-corrected chi connectivity index (χ4v) is 2.22. The normalized spacial score (nSPS) is 11.1. The van der Waals surface area contributed by atoms with E-state index in [1.165, 1.54) is 12.1 Å². The lowest BCUT2D eigenvalue weighted by Gasteiger charge is -2.35. The number of amides is 2. The van der Waals surface area contributed by atoms with Crippen molar-refractivity contribution < 1.29 is 18.4 Å². The molecule has 0 fully saturated rings. The monoisotopic (exact) mass is 366 g/mol. The molecule has 0 atom stereocenters. The molecule has 7 heteroatoms. The first-order valence-electron chi connectivity index (χ1n) is 7.45. The van der Waals surface area contributed by atoms with Crippen molar-refractivity contribution in [1.82, 2.24) is 10.4 Å². The minimum atomic E-state index is -0.874. The molecule has 2 amide bonds. The Balaban J connectivity index is 2.31. The van der Waals surface area contributed by atoms with Crippen LogP contribution in [0, 0.1) is 11.6 Å². The summed E-state index contributed by atoms with van der Waals surface area (Å²) in [6, 6.07) is 8.60. The van der Waals surface area contributed by atoms with Crippen molar-refractivity contribution >= 4 is 23.4 Å². The van der Waals surface area contributed by atoms with E-state index in [9.17, 15) is 18.4 Å². The molecule has 0 unspecified atom stereocenters. The standard InChI is InChI=1S/C18H17ClF2N2O2/c1-18(2,3)23(17(25)12-8-14(20)10-15(21)9-12)22-16(24)11-4-6-13(19)7-5-11/h4-10H,1-3H3,(H,22,24). The zero-order chi connectivity index (χ0) is 18.8. The zero-order valence-corrected chi connectivity index (χ0v) is 14.7. The average Bonchev–Trinajstić information content (AvgIpc) is 2.50. The molecule has 0 aromatic heterocycles. The van der Waals surface area contributed by atoms with Crippen LogP contribution in [0.15, 0.2) is 42.5 Å². The minimum absolute atomic E-state index is 0.205. The highest BCUT2D eigenvalue weighted by molar-refractivity contribution is 6.30. The van der Waals surface area contributed by atoms with Gasteiger partial charge in [0, 0.05) is 22.2 Å². The summed E-state index contributed by atoms with van der Waals surface area (Å²) in [4.78, 5) is 25.1. The zero-order valence-electron chi connectivity index (χ0n) is 13.9. The number of nitrogens with one attached hydrogen (secondary N) is 1. The number of hydrogen-bond acceptors (Lipinski definition) is 2. The predicted octanol–water partition coefficient (Wildman–Crippen LogP) is 4.20. The largest absolute Gasteiger partial charge is 0.272 e. The van der Waals surface area contributed by atoms with Crippen molar-refractivity contribution in [2.75, 3.05) is 0 Å². The fourth-order valence-electron chi connectivity index (χ4n) is 2.10. The van der Waals surface area contributed by atoms with Gasteiger partial charge in [-0.25, -0.2) is 13.8 Å². The van der Waals surface area contributed by atoms with Crippen LogP contribution in [-0.2, 0) is 0 Å². The second kappa shape index (κ2) is 7.19. The third-order valence-corrected chi connectivity index (χ3v) is 3.56. The van der Waals surface area contributed by atoms with Gasteiger partial charge in [-0.15, -0.1) is 0 Å². The number of rotatable bonds is 2. The Morgan fingerprint density at radius 3 is 1.96 bits per heavy atom. The molecule has 2 rings (SSSR count). The van der Waals surface area contributed by atoms with Crippen LogP contribution in [0.3, 0.4) is 0 Å². The lowest BCUT2D eigenvalue weighted by atomic mass is 10.1. The highest BCUT2D eigenvalue weighted by Crippen LogP contribution is 2.18. The maximum Gasteiger partial charge on any atom is 0.272 e. The molecule has 0 radical (unpaired) electrons. The molecular formula is C18H17ClF2N2O2. The van der Waals surface area contributed by atoms with E-state index in [-0.39, 0.29) is 11.1 Å². The van der Waals surface area contributed by atoms with Gasteiger partial charge in [0.2, 0.25) is 0 Å². The average molecular weight is 367 g/mol. The summed E-state index contributed by atoms with van der Waals surface area (Å²) in [5.74, 6) is -3.02. The van der Waals surface area contributed by atoms with Gasteiger partial charge >= 0.3 is 0 Å². The van der Waals surface area contributed by atoms with Crippen LogP contribution in [0.25, 0.3) is 0 Å². The molecule has 0 aliphatic carbocycles. The van der Waals surface area contributed by atoms with Gasteiger partial charge in [0.25, 0.3) is 11.8 Å². The molecule has 0 saturated carbocycles. The second-order valence-corrected chi connectivity index (χ2v) is 6.85. The van der Waals surface area contributed by atoms with Gasteiger partial charge < -0.3 is 0 Å². The smallest absolute Gasteiger partial charge is 0.267 e. The molecule has 0 bridgehead atoms. The summed E-state index contributed by atoms with van der Waals surface area (Å²) in [7, 11) is 0. The Morgan fingerprint density at radius 1 is 0.960 bits per heavy atom. The number of carbonyl (C=O) groups excluding carboxylic acids is 2. The van der Waals surface area contributed by atoms with Crippen molar-refractivity contribution in [3.8, 4) is 0 Å². The van der Waals surface area contributed by atoms with E-state index in [0.29, 0.717) is 11.1 Å². The molecule has 0 aliphatic rings. The van der Waals surface area contributed by atoms with Crippen LogP contribution in [0.4, 0.5) is 8.78 Å². The summed E-state index contributed by atoms with van der Waals surface area (Å²) in [5.41, 5.74) is 1.74. The molecule has 132 valence electrons. The van der Waals surface area contributed by atoms with E-state index in [0.717, 1.165) is 17.1 Å². The van der Waals surface area contributed by atoms with E-state index in [1.54, 1.807) is 32.9 Å². The van der Waals surface area contributed by atoms with Crippen molar-refractivity contribution in [3.05, 3.63) is 70.2 Å². The Hall–Kier alpha value is -2.47. The van der Waals surface area contributed by atoms with Gasteiger partial charge in [0.05, 0.1) is 5.54 Å². The summed E-state index contributed by atoms with van der Waals surface area (Å²) in [6.45, 7) is 5.05. The van der Waals surface area contributed by atoms with Crippen LogP contribution in [-0.4, -0.2) is 22.4 Å². The van der Waals surface area contributed by atoms with Crippen molar-refractivity contribution in [1.29, 1.82) is 0 Å². The van der Waals surface area contributed by atoms with Gasteiger partial charge in [-0.2, -0.15) is 0 Å². The maximum atomic E-state index is 13.4. The van der Waals surface area contributed by atoms with Gasteiger partial charge in [-0.05, 0) is 57.2 Å². The molecule has 0 saturated heterocycles. The maximum absolute atomic E-state index is 13.4. The number of hydrazine groups is 1. The molecule has 2 aromatic carbocycles. The first kappa shape index (κ1) is 18.9. The predicted molar refractivity (Wildman–Crippen MR) is 91.2 cm³/mol. The summed E-state index contributed by atoms with van der Waals surface area (Å²) in [5, 5.41) is 1.51. The van der Waals surface area contributed by atoms with Crippen molar-refractivity contribution in [2.45, 2.75) is 26.3 Å². The van der Waals surface area contributed by atoms with Gasteiger partial charge in [0.15, 0.2) is 0 Å². The topological polar surface area (TPSA) is 49.4 Å². The van der Waals surface area contributed by atoms with E-state index in [1.807, 2.05) is 0 Å². The van der Waals surface area contributed by atoms with Crippen LogP contribution < -0.4 is 5.43 Å². The van der Waals surface area contributed by atoms with Crippen LogP contribution in [0.5, 0.6) is 0 Å². The Morgan fingerprint density at radius 2 is 1.48 bits per heavy atom. The lowest BCUT2D eigenvalue weighted by molar-refractivity contribution is 0.0358. The van der Waals surface area contributed by atoms with Gasteiger partial charge in [0.1, 0.15) is 11.6 Å². The summed E-state index contributed by atoms with van der Waals surface area (Å²) in [6.07, 6.45) is 0. The molecule has 25 heavy (non-hydrogen) atoms. The Kier molecular flexibility index (Phi) is 5.42. The summed E-state index contributed by atoms with van der Waals surface area (Å²) >= 11 is 5.79. The number of benzene rings is 2. The number of hydrogen-bond donors (Lipinski definition) is 1. The third kappa shape index (κ3) is 4.76. The van der Waals surface area contributed by atoms with Crippen LogP contribution >= 0.6 is 11.6 Å². The Bertz CT molecular complexity index is 781. The quantitative estimate of drug-likeness (QED) is 0.810. The lowest BCUT2D eigenvalue weighted by Crippen LogP contribution is -2.55. The first-order chi connectivity index (χ1) is 11.6. The number of nitrogens with zero attached hydrogens (tertiary/aromatic N) is 1. The molecule has 0 spiro atoms. The highest BCUT2D eigenvalue weighted by atomic mass is 35.5. The minimum Gasteiger partial charge on any atom is -0.267 e. The molecule has 4 nitrogen and oxygen atoms in total. The Labute approximate surface area is 149 Å². The number of carbonyl (C=O) groups is 2. The van der Waals surface area contributed by atoms with Gasteiger partial charge in [-0.3, -0.25) is 15.0 Å². The van der Waals surface area contributed by atoms with Crippen LogP contribution in [0.1, 0.15) is 41.5 Å². The van der Waals surface area contributed by atoms with E-state index >= 15 is 0 Å². The fraction of sp³-hybridized carbons (Fsp3) is 0.222. The molecular weight excluding hydrogens is 350 g/mol. The van der Waals surface area contributed by atoms with E-state index in [4.69, 9.17) is 11.6 Å².